The fraction of sp³-hybridized carbons (Fsp3) is 0.250. The fourth-order valence-corrected chi connectivity index (χ4v) is 3.52. The Bertz CT molecular complexity index is 941. The van der Waals surface area contributed by atoms with Crippen molar-refractivity contribution in [3.8, 4) is 5.75 Å². The largest absolute Gasteiger partial charge is 0.497 e. The quantitative estimate of drug-likeness (QED) is 0.705. The number of rotatable bonds is 2. The molecule has 0 N–H and O–H groups in total. The summed E-state index contributed by atoms with van der Waals surface area (Å²) in [4.78, 5) is 15.0. The van der Waals surface area contributed by atoms with Gasteiger partial charge in [0, 0.05) is 22.7 Å². The molecule has 122 valence electrons. The van der Waals surface area contributed by atoms with Gasteiger partial charge in [-0.15, -0.1) is 0 Å². The molecule has 1 atom stereocenters. The molecule has 1 aliphatic heterocycles. The SMILES string of the molecule is COc1ccc2oc(C(=O)N3c4ccccc4CC3C)c(C)c2c1. The molecule has 0 saturated carbocycles. The lowest BCUT2D eigenvalue weighted by molar-refractivity contribution is 0.0956. The molecular weight excluding hydrogens is 302 g/mol. The van der Waals surface area contributed by atoms with E-state index in [1.165, 1.54) is 5.56 Å². The topological polar surface area (TPSA) is 42.7 Å². The minimum atomic E-state index is -0.0832. The molecule has 1 amide bonds. The minimum Gasteiger partial charge on any atom is -0.497 e. The first-order chi connectivity index (χ1) is 11.6. The van der Waals surface area contributed by atoms with E-state index in [9.17, 15) is 4.79 Å². The van der Waals surface area contributed by atoms with Gasteiger partial charge < -0.3 is 14.1 Å². The van der Waals surface area contributed by atoms with E-state index in [4.69, 9.17) is 9.15 Å². The molecule has 1 aliphatic rings. The van der Waals surface area contributed by atoms with Crippen LogP contribution >= 0.6 is 0 Å². The number of carbonyl (C=O) groups excluding carboxylic acids is 1. The van der Waals surface area contributed by atoms with Crippen molar-refractivity contribution in [1.82, 2.24) is 0 Å². The number of ether oxygens (including phenoxy) is 1. The first kappa shape index (κ1) is 14.8. The average Bonchev–Trinajstić information content (AvgIpc) is 3.10. The van der Waals surface area contributed by atoms with E-state index in [-0.39, 0.29) is 11.9 Å². The standard InChI is InChI=1S/C20H19NO3/c1-12-10-14-6-4-5-7-17(14)21(12)20(22)19-13(2)16-11-15(23-3)8-9-18(16)24-19/h4-9,11-12H,10H2,1-3H3. The number of carbonyl (C=O) groups is 1. The van der Waals surface area contributed by atoms with E-state index >= 15 is 0 Å². The molecule has 1 unspecified atom stereocenters. The van der Waals surface area contributed by atoms with Crippen LogP contribution in [0.3, 0.4) is 0 Å². The Balaban J connectivity index is 1.80. The number of benzene rings is 2. The maximum absolute atomic E-state index is 13.2. The van der Waals surface area contributed by atoms with Crippen molar-refractivity contribution in [2.75, 3.05) is 12.0 Å². The molecule has 0 radical (unpaired) electrons. The van der Waals surface area contributed by atoms with E-state index in [0.717, 1.165) is 28.8 Å². The van der Waals surface area contributed by atoms with Gasteiger partial charge in [-0.3, -0.25) is 4.79 Å². The van der Waals surface area contributed by atoms with Gasteiger partial charge in [0.2, 0.25) is 0 Å². The van der Waals surface area contributed by atoms with Gasteiger partial charge in [-0.25, -0.2) is 0 Å². The lowest BCUT2D eigenvalue weighted by Gasteiger charge is -2.21. The van der Waals surface area contributed by atoms with Crippen molar-refractivity contribution in [2.24, 2.45) is 0 Å². The predicted molar refractivity (Wildman–Crippen MR) is 93.9 cm³/mol. The van der Waals surface area contributed by atoms with Crippen molar-refractivity contribution in [1.29, 1.82) is 0 Å². The highest BCUT2D eigenvalue weighted by atomic mass is 16.5. The van der Waals surface area contributed by atoms with Crippen LogP contribution < -0.4 is 9.64 Å². The van der Waals surface area contributed by atoms with Crippen molar-refractivity contribution >= 4 is 22.6 Å². The number of hydrogen-bond acceptors (Lipinski definition) is 3. The van der Waals surface area contributed by atoms with Gasteiger partial charge in [0.1, 0.15) is 11.3 Å². The van der Waals surface area contributed by atoms with Crippen LogP contribution in [-0.4, -0.2) is 19.1 Å². The van der Waals surface area contributed by atoms with Gasteiger partial charge in [-0.05, 0) is 50.1 Å². The summed E-state index contributed by atoms with van der Waals surface area (Å²) in [6.45, 7) is 3.99. The molecule has 24 heavy (non-hydrogen) atoms. The number of para-hydroxylation sites is 1. The zero-order chi connectivity index (χ0) is 16.8. The first-order valence-corrected chi connectivity index (χ1v) is 8.08. The molecule has 4 heteroatoms. The Labute approximate surface area is 140 Å². The highest BCUT2D eigenvalue weighted by molar-refractivity contribution is 6.09. The molecule has 2 aromatic carbocycles. The second kappa shape index (κ2) is 5.41. The van der Waals surface area contributed by atoms with E-state index in [2.05, 4.69) is 13.0 Å². The maximum atomic E-state index is 13.2. The molecule has 0 fully saturated rings. The van der Waals surface area contributed by atoms with Crippen LogP contribution in [0, 0.1) is 6.92 Å². The number of anilines is 1. The lowest BCUT2D eigenvalue weighted by atomic mass is 10.1. The minimum absolute atomic E-state index is 0.0832. The smallest absolute Gasteiger partial charge is 0.294 e. The van der Waals surface area contributed by atoms with E-state index in [1.807, 2.05) is 48.2 Å². The second-order valence-electron chi connectivity index (χ2n) is 6.28. The Morgan fingerprint density at radius 2 is 2.04 bits per heavy atom. The summed E-state index contributed by atoms with van der Waals surface area (Å²) in [5, 5.41) is 0.915. The summed E-state index contributed by atoms with van der Waals surface area (Å²) in [5.74, 6) is 1.08. The molecule has 1 aromatic heterocycles. The van der Waals surface area contributed by atoms with Gasteiger partial charge in [0.25, 0.3) is 5.91 Å². The third-order valence-corrected chi connectivity index (χ3v) is 4.76. The monoisotopic (exact) mass is 321 g/mol. The summed E-state index contributed by atoms with van der Waals surface area (Å²) in [6.07, 6.45) is 0.870. The van der Waals surface area contributed by atoms with Crippen molar-refractivity contribution in [3.63, 3.8) is 0 Å². The molecule has 0 spiro atoms. The first-order valence-electron chi connectivity index (χ1n) is 8.08. The highest BCUT2D eigenvalue weighted by Gasteiger charge is 2.34. The van der Waals surface area contributed by atoms with E-state index in [0.29, 0.717) is 11.3 Å². The molecule has 0 bridgehead atoms. The van der Waals surface area contributed by atoms with Crippen LogP contribution in [0.5, 0.6) is 5.75 Å². The van der Waals surface area contributed by atoms with Crippen LogP contribution in [0.25, 0.3) is 11.0 Å². The van der Waals surface area contributed by atoms with E-state index in [1.54, 1.807) is 7.11 Å². The summed E-state index contributed by atoms with van der Waals surface area (Å²) >= 11 is 0. The molecule has 0 aliphatic carbocycles. The Morgan fingerprint density at radius 3 is 2.83 bits per heavy atom. The van der Waals surface area contributed by atoms with Crippen LogP contribution in [-0.2, 0) is 6.42 Å². The molecule has 0 saturated heterocycles. The highest BCUT2D eigenvalue weighted by Crippen LogP contribution is 2.35. The third kappa shape index (κ3) is 2.10. The molecule has 3 aromatic rings. The lowest BCUT2D eigenvalue weighted by Crippen LogP contribution is -2.35. The third-order valence-electron chi connectivity index (χ3n) is 4.76. The number of hydrogen-bond donors (Lipinski definition) is 0. The van der Waals surface area contributed by atoms with Crippen LogP contribution in [0.2, 0.25) is 0 Å². The molecular formula is C20H19NO3. The predicted octanol–water partition coefficient (Wildman–Crippen LogP) is 4.34. The summed E-state index contributed by atoms with van der Waals surface area (Å²) < 4.78 is 11.2. The normalized spacial score (nSPS) is 16.5. The van der Waals surface area contributed by atoms with Crippen LogP contribution in [0.4, 0.5) is 5.69 Å². The van der Waals surface area contributed by atoms with Crippen LogP contribution in [0.15, 0.2) is 46.9 Å². The number of methoxy groups -OCH3 is 1. The van der Waals surface area contributed by atoms with Crippen molar-refractivity contribution in [2.45, 2.75) is 26.3 Å². The molecule has 4 rings (SSSR count). The summed E-state index contributed by atoms with van der Waals surface area (Å²) in [6, 6.07) is 13.8. The maximum Gasteiger partial charge on any atom is 0.294 e. The van der Waals surface area contributed by atoms with Gasteiger partial charge >= 0.3 is 0 Å². The Kier molecular flexibility index (Phi) is 3.34. The van der Waals surface area contributed by atoms with Gasteiger partial charge in [0.15, 0.2) is 5.76 Å². The second-order valence-corrected chi connectivity index (χ2v) is 6.28. The molecule has 4 nitrogen and oxygen atoms in total. The zero-order valence-electron chi connectivity index (χ0n) is 14.0. The number of amides is 1. The Morgan fingerprint density at radius 1 is 1.25 bits per heavy atom. The fourth-order valence-electron chi connectivity index (χ4n) is 3.52. The molecule has 2 heterocycles. The number of fused-ring (bicyclic) bond motifs is 2. The number of furan rings is 1. The van der Waals surface area contributed by atoms with Gasteiger partial charge in [-0.2, -0.15) is 0 Å². The van der Waals surface area contributed by atoms with Crippen LogP contribution in [0.1, 0.15) is 28.6 Å². The van der Waals surface area contributed by atoms with Crippen molar-refractivity contribution in [3.05, 3.63) is 59.4 Å². The number of aryl methyl sites for hydroxylation is 1. The van der Waals surface area contributed by atoms with E-state index < -0.39 is 0 Å². The average molecular weight is 321 g/mol. The zero-order valence-corrected chi connectivity index (χ0v) is 14.0. The Hall–Kier alpha value is -2.75. The number of nitrogens with zero attached hydrogens (tertiary/aromatic N) is 1. The van der Waals surface area contributed by atoms with Gasteiger partial charge in [-0.1, -0.05) is 18.2 Å². The summed E-state index contributed by atoms with van der Waals surface area (Å²) in [5.41, 5.74) is 3.74. The van der Waals surface area contributed by atoms with Gasteiger partial charge in [0.05, 0.1) is 7.11 Å². The summed E-state index contributed by atoms with van der Waals surface area (Å²) in [7, 11) is 1.63. The van der Waals surface area contributed by atoms with Crippen molar-refractivity contribution < 1.29 is 13.9 Å².